The first kappa shape index (κ1) is 23.7. The third-order valence-electron chi connectivity index (χ3n) is 8.43. The number of halogens is 1. The Balaban J connectivity index is 1.29. The zero-order chi connectivity index (χ0) is 26.9. The molecular weight excluding hydrogens is 511 g/mol. The molecule has 2 bridgehead atoms. The largest absolute Gasteiger partial charge is 0.599 e. The van der Waals surface area contributed by atoms with E-state index in [9.17, 15) is 14.4 Å². The van der Waals surface area contributed by atoms with Gasteiger partial charge in [0.1, 0.15) is 5.82 Å². The van der Waals surface area contributed by atoms with E-state index in [2.05, 4.69) is 10.3 Å². The summed E-state index contributed by atoms with van der Waals surface area (Å²) in [6, 6.07) is 25.7. The fraction of sp³-hybridized carbons (Fsp3) is 0.161. The average Bonchev–Trinajstić information content (AvgIpc) is 3.41. The molecule has 0 spiro atoms. The van der Waals surface area contributed by atoms with Gasteiger partial charge >= 0.3 is 0 Å². The summed E-state index contributed by atoms with van der Waals surface area (Å²) in [5.41, 5.74) is 10.8. The van der Waals surface area contributed by atoms with Crippen LogP contribution in [0, 0.1) is 22.0 Å². The second-order valence-electron chi connectivity index (χ2n) is 10.5. The van der Waals surface area contributed by atoms with Gasteiger partial charge in [0, 0.05) is 39.8 Å². The van der Waals surface area contributed by atoms with Crippen LogP contribution in [0.3, 0.4) is 0 Å². The first-order valence-electron chi connectivity index (χ1n) is 12.7. The highest BCUT2D eigenvalue weighted by molar-refractivity contribution is 7.14. The Morgan fingerprint density at radius 2 is 1.62 bits per heavy atom. The number of anilines is 1. The molecule has 1 aromatic heterocycles. The fourth-order valence-corrected chi connectivity index (χ4v) is 7.46. The standard InChI is InChI=1S/C31H23FN4O2S/c1-30(17-31(36(33)38)23-12-6-4-10-21(23)27(30)22-11-5-7-13-24(22)31)28(37)35-29-34-26(16-39-29)20-14-15-25(32)19-9-3-2-8-18(19)20/h2-16,27,33H,17H2,1H3,(H,34,35,37). The minimum Gasteiger partial charge on any atom is -0.599 e. The Hall–Kier alpha value is -4.43. The van der Waals surface area contributed by atoms with Gasteiger partial charge in [-0.25, -0.2) is 9.37 Å². The van der Waals surface area contributed by atoms with Crippen LogP contribution in [0.2, 0.25) is 0 Å². The van der Waals surface area contributed by atoms with Gasteiger partial charge in [-0.2, -0.15) is 0 Å². The first-order valence-corrected chi connectivity index (χ1v) is 13.5. The first-order chi connectivity index (χ1) is 18.8. The fourth-order valence-electron chi connectivity index (χ4n) is 6.76. The lowest BCUT2D eigenvalue weighted by Crippen LogP contribution is -2.57. The third-order valence-corrected chi connectivity index (χ3v) is 9.19. The van der Waals surface area contributed by atoms with Crippen molar-refractivity contribution >= 4 is 33.1 Å². The SMILES string of the molecule is CC1(C(=O)Nc2nc(-c3ccc(F)c4ccccc34)cs2)CC2([N+](=N)[O-])c3ccccc3C1c1ccccc12. The number of fused-ring (bicyclic) bond motifs is 2. The third kappa shape index (κ3) is 3.18. The monoisotopic (exact) mass is 534 g/mol. The van der Waals surface area contributed by atoms with Crippen LogP contribution in [0.1, 0.15) is 41.5 Å². The second-order valence-corrected chi connectivity index (χ2v) is 11.3. The molecule has 8 heteroatoms. The number of nitrogens with zero attached hydrogens (tertiary/aromatic N) is 2. The number of benzene rings is 4. The number of amides is 1. The van der Waals surface area contributed by atoms with Crippen molar-refractivity contribution < 1.29 is 14.0 Å². The Kier molecular flexibility index (Phi) is 5.03. The van der Waals surface area contributed by atoms with Crippen molar-refractivity contribution in [3.8, 4) is 11.3 Å². The lowest BCUT2D eigenvalue weighted by atomic mass is 9.49. The predicted octanol–water partition coefficient (Wildman–Crippen LogP) is 7.38. The predicted molar refractivity (Wildman–Crippen MR) is 148 cm³/mol. The van der Waals surface area contributed by atoms with Crippen LogP contribution in [0.25, 0.3) is 22.0 Å². The van der Waals surface area contributed by atoms with Crippen LogP contribution < -0.4 is 5.32 Å². The quantitative estimate of drug-likeness (QED) is 0.143. The molecule has 0 saturated heterocycles. The van der Waals surface area contributed by atoms with Gasteiger partial charge < -0.3 is 10.5 Å². The Morgan fingerprint density at radius 3 is 2.28 bits per heavy atom. The summed E-state index contributed by atoms with van der Waals surface area (Å²) >= 11 is 1.30. The van der Waals surface area contributed by atoms with Gasteiger partial charge in [-0.15, -0.1) is 11.3 Å². The maximum atomic E-state index is 14.4. The van der Waals surface area contributed by atoms with Crippen molar-refractivity contribution in [2.45, 2.75) is 24.8 Å². The lowest BCUT2D eigenvalue weighted by molar-refractivity contribution is -0.634. The summed E-state index contributed by atoms with van der Waals surface area (Å²) in [4.78, 5) is 19.0. The molecule has 5 aromatic rings. The molecule has 3 aliphatic rings. The number of hydroxylamine groups is 1. The van der Waals surface area contributed by atoms with Gasteiger partial charge in [0.15, 0.2) is 5.13 Å². The minimum atomic E-state index is -1.30. The number of hydrogen-bond acceptors (Lipinski definition) is 5. The van der Waals surface area contributed by atoms with Crippen LogP contribution in [-0.2, 0) is 10.3 Å². The molecule has 1 unspecified atom stereocenters. The molecule has 1 atom stereocenters. The van der Waals surface area contributed by atoms with Crippen molar-refractivity contribution in [1.29, 1.82) is 5.53 Å². The van der Waals surface area contributed by atoms with Gasteiger partial charge in [0.25, 0.3) is 5.54 Å². The van der Waals surface area contributed by atoms with Crippen molar-refractivity contribution in [3.63, 3.8) is 0 Å². The van der Waals surface area contributed by atoms with Crippen LogP contribution >= 0.6 is 11.3 Å². The number of hydrogen-bond donors (Lipinski definition) is 2. The van der Waals surface area contributed by atoms with E-state index in [4.69, 9.17) is 5.53 Å². The van der Waals surface area contributed by atoms with Crippen molar-refractivity contribution in [1.82, 2.24) is 4.98 Å². The van der Waals surface area contributed by atoms with Gasteiger partial charge in [0.05, 0.1) is 11.1 Å². The van der Waals surface area contributed by atoms with E-state index in [0.717, 1.165) is 33.2 Å². The number of aromatic nitrogens is 1. The van der Waals surface area contributed by atoms with Crippen molar-refractivity contribution in [2.75, 3.05) is 5.32 Å². The van der Waals surface area contributed by atoms with Crippen molar-refractivity contribution in [2.24, 2.45) is 5.41 Å². The Labute approximate surface area is 227 Å². The van der Waals surface area contributed by atoms with Crippen molar-refractivity contribution in [3.05, 3.63) is 124 Å². The molecule has 1 heterocycles. The van der Waals surface area contributed by atoms with E-state index in [1.54, 1.807) is 18.2 Å². The van der Waals surface area contributed by atoms with E-state index in [0.29, 0.717) is 16.2 Å². The average molecular weight is 535 g/mol. The van der Waals surface area contributed by atoms with Gasteiger partial charge in [-0.1, -0.05) is 77.7 Å². The van der Waals surface area contributed by atoms with E-state index < -0.39 is 11.0 Å². The zero-order valence-electron chi connectivity index (χ0n) is 20.9. The maximum absolute atomic E-state index is 14.4. The number of carbonyl (C=O) groups is 1. The van der Waals surface area contributed by atoms with E-state index in [1.807, 2.05) is 73.0 Å². The molecule has 2 N–H and O–H groups in total. The normalized spacial score (nSPS) is 22.8. The molecule has 6 nitrogen and oxygen atoms in total. The molecule has 8 rings (SSSR count). The number of thiazole rings is 1. The summed E-state index contributed by atoms with van der Waals surface area (Å²) in [5, 5.41) is 19.6. The van der Waals surface area contributed by atoms with Crippen LogP contribution in [0.5, 0.6) is 0 Å². The topological polar surface area (TPSA) is 91.9 Å². The van der Waals surface area contributed by atoms with Gasteiger partial charge in [-0.3, -0.25) is 4.79 Å². The highest BCUT2D eigenvalue weighted by Crippen LogP contribution is 2.64. The summed E-state index contributed by atoms with van der Waals surface area (Å²) in [7, 11) is 0. The number of nitrogens with one attached hydrogen (secondary N) is 2. The zero-order valence-corrected chi connectivity index (χ0v) is 21.8. The maximum Gasteiger partial charge on any atom is 0.250 e. The molecule has 39 heavy (non-hydrogen) atoms. The lowest BCUT2D eigenvalue weighted by Gasteiger charge is -2.53. The highest BCUT2D eigenvalue weighted by Gasteiger charge is 2.65. The minimum absolute atomic E-state index is 0.165. The molecule has 0 saturated carbocycles. The van der Waals surface area contributed by atoms with Gasteiger partial charge in [-0.05, 0) is 41.1 Å². The number of carbonyl (C=O) groups excluding carboxylic acids is 1. The molecule has 3 aliphatic carbocycles. The highest BCUT2D eigenvalue weighted by atomic mass is 32.1. The number of rotatable bonds is 4. The van der Waals surface area contributed by atoms with Crippen LogP contribution in [0.4, 0.5) is 9.52 Å². The molecule has 0 aliphatic heterocycles. The molecule has 0 fully saturated rings. The molecule has 4 aromatic carbocycles. The second kappa shape index (κ2) is 8.28. The van der Waals surface area contributed by atoms with E-state index in [1.165, 1.54) is 17.4 Å². The summed E-state index contributed by atoms with van der Waals surface area (Å²) < 4.78 is 14.4. The molecule has 192 valence electrons. The van der Waals surface area contributed by atoms with Gasteiger partial charge in [0.2, 0.25) is 5.91 Å². The van der Waals surface area contributed by atoms with Crippen LogP contribution in [-0.4, -0.2) is 15.8 Å². The van der Waals surface area contributed by atoms with Crippen LogP contribution in [0.15, 0.2) is 90.3 Å². The summed E-state index contributed by atoms with van der Waals surface area (Å²) in [5.74, 6) is -0.838. The smallest absolute Gasteiger partial charge is 0.250 e. The summed E-state index contributed by atoms with van der Waals surface area (Å²) in [6.45, 7) is 1.87. The van der Waals surface area contributed by atoms with E-state index >= 15 is 0 Å². The van der Waals surface area contributed by atoms with E-state index in [-0.39, 0.29) is 28.9 Å². The molecular formula is C31H23FN4O2S. The molecule has 1 amide bonds. The summed E-state index contributed by atoms with van der Waals surface area (Å²) in [6.07, 6.45) is 0.165. The Bertz CT molecular complexity index is 1790. The Morgan fingerprint density at radius 1 is 1.00 bits per heavy atom. The molecule has 0 radical (unpaired) electrons.